The third-order valence-electron chi connectivity index (χ3n) is 2.12. The molecule has 0 atom stereocenters. The van der Waals surface area contributed by atoms with Gasteiger partial charge in [-0.05, 0) is 11.6 Å². The summed E-state index contributed by atoms with van der Waals surface area (Å²) < 4.78 is 37.6. The van der Waals surface area contributed by atoms with Gasteiger partial charge in [-0.25, -0.2) is 5.43 Å². The highest BCUT2D eigenvalue weighted by Crippen LogP contribution is 2.60. The molecule has 0 saturated heterocycles. The molecule has 0 aliphatic heterocycles. The Hall–Kier alpha value is -0.410. The van der Waals surface area contributed by atoms with Gasteiger partial charge in [0, 0.05) is 16.6 Å². The molecule has 1 aromatic carbocycles. The van der Waals surface area contributed by atoms with Gasteiger partial charge in [-0.15, -0.1) is 0 Å². The van der Waals surface area contributed by atoms with E-state index >= 15 is 0 Å². The summed E-state index contributed by atoms with van der Waals surface area (Å²) in [5, 5.41) is 0. The van der Waals surface area contributed by atoms with E-state index in [0.717, 1.165) is 6.07 Å². The largest absolute Gasteiger partial charge is 0.399 e. The van der Waals surface area contributed by atoms with E-state index in [2.05, 4.69) is 26.9 Å². The molecule has 0 bridgehead atoms. The summed E-state index contributed by atoms with van der Waals surface area (Å²) in [4.78, 5) is 17.3. The third kappa shape index (κ3) is 3.33. The number of hydrogen-bond donors (Lipinski definition) is 5. The molecule has 10 heteroatoms. The van der Waals surface area contributed by atoms with Crippen molar-refractivity contribution in [1.82, 2.24) is 11.0 Å². The lowest BCUT2D eigenvalue weighted by molar-refractivity contribution is 0.0557. The Kier molecular flexibility index (Phi) is 4.96. The molecule has 1 rings (SSSR count). The van der Waals surface area contributed by atoms with Gasteiger partial charge in [-0.1, -0.05) is 28.1 Å². The van der Waals surface area contributed by atoms with Crippen molar-refractivity contribution < 1.29 is 23.1 Å². The van der Waals surface area contributed by atoms with Gasteiger partial charge < -0.3 is 9.79 Å². The van der Waals surface area contributed by atoms with Crippen LogP contribution < -0.4 is 16.8 Å². The highest BCUT2D eigenvalue weighted by Gasteiger charge is 2.51. The van der Waals surface area contributed by atoms with Crippen molar-refractivity contribution in [2.45, 2.75) is 12.2 Å². The molecule has 0 spiro atoms. The number of nitrogens with two attached hydrogens (primary N) is 1. The van der Waals surface area contributed by atoms with E-state index in [4.69, 9.17) is 15.6 Å². The zero-order chi connectivity index (χ0) is 14.0. The average molecular weight is 346 g/mol. The van der Waals surface area contributed by atoms with Gasteiger partial charge >= 0.3 is 13.3 Å². The topological polar surface area (TPSA) is 108 Å². The number of benzene rings is 1. The van der Waals surface area contributed by atoms with Crippen LogP contribution in [0, 0.1) is 0 Å². The number of nitrogens with one attached hydrogen (secondary N) is 2. The van der Waals surface area contributed by atoms with Crippen molar-refractivity contribution in [3.8, 4) is 0 Å². The Balaban J connectivity index is 3.10. The summed E-state index contributed by atoms with van der Waals surface area (Å²) in [6.45, 7) is 0.261. The highest BCUT2D eigenvalue weighted by molar-refractivity contribution is 9.10. The first-order valence-corrected chi connectivity index (χ1v) is 7.01. The normalized spacial score (nSPS) is 12.8. The fourth-order valence-electron chi connectivity index (χ4n) is 1.22. The van der Waals surface area contributed by atoms with Crippen LogP contribution in [-0.4, -0.2) is 9.79 Å². The second-order valence-electron chi connectivity index (χ2n) is 3.40. The van der Waals surface area contributed by atoms with Crippen LogP contribution in [0.15, 0.2) is 22.7 Å². The highest BCUT2D eigenvalue weighted by atomic mass is 79.9. The quantitative estimate of drug-likeness (QED) is 0.311. The molecule has 0 saturated carbocycles. The molecule has 0 unspecified atom stereocenters. The lowest BCUT2D eigenvalue weighted by Crippen LogP contribution is -2.37. The molecule has 1 aromatic rings. The van der Waals surface area contributed by atoms with Crippen LogP contribution >= 0.6 is 23.5 Å². The van der Waals surface area contributed by atoms with Crippen LogP contribution in [0.5, 0.6) is 0 Å². The molecular formula is C8H11BrF2N3O3P. The summed E-state index contributed by atoms with van der Waals surface area (Å²) in [5.74, 6) is 4.97. The molecule has 0 aliphatic carbocycles. The van der Waals surface area contributed by atoms with Gasteiger partial charge in [-0.3, -0.25) is 10.4 Å². The summed E-state index contributed by atoms with van der Waals surface area (Å²) in [5.41, 5.74) is 0.319. The van der Waals surface area contributed by atoms with Crippen molar-refractivity contribution in [1.29, 1.82) is 0 Å². The van der Waals surface area contributed by atoms with Crippen LogP contribution in [0.25, 0.3) is 0 Å². The van der Waals surface area contributed by atoms with Gasteiger partial charge in [0.1, 0.15) is 0 Å². The van der Waals surface area contributed by atoms with Crippen LogP contribution in [0.3, 0.4) is 0 Å². The van der Waals surface area contributed by atoms with E-state index in [1.54, 1.807) is 0 Å². The van der Waals surface area contributed by atoms with Crippen LogP contribution in [-0.2, 0) is 16.8 Å². The Morgan fingerprint density at radius 2 is 2.06 bits per heavy atom. The van der Waals surface area contributed by atoms with E-state index in [1.165, 1.54) is 12.1 Å². The van der Waals surface area contributed by atoms with Gasteiger partial charge in [-0.2, -0.15) is 14.3 Å². The monoisotopic (exact) mass is 345 g/mol. The van der Waals surface area contributed by atoms with E-state index in [0.29, 0.717) is 5.56 Å². The molecule has 6 nitrogen and oxygen atoms in total. The fraction of sp³-hybridized carbons (Fsp3) is 0.250. The number of halogens is 3. The number of alkyl halides is 2. The number of hydrogen-bond acceptors (Lipinski definition) is 4. The van der Waals surface area contributed by atoms with Gasteiger partial charge in [0.05, 0.1) is 0 Å². The molecule has 0 radical (unpaired) electrons. The Labute approximate surface area is 110 Å². The van der Waals surface area contributed by atoms with E-state index in [1.807, 2.05) is 0 Å². The van der Waals surface area contributed by atoms with Crippen molar-refractivity contribution in [3.05, 3.63) is 33.8 Å². The molecular weight excluding hydrogens is 335 g/mol. The fourth-order valence-corrected chi connectivity index (χ4v) is 2.56. The van der Waals surface area contributed by atoms with Crippen LogP contribution in [0.4, 0.5) is 8.78 Å². The van der Waals surface area contributed by atoms with Crippen LogP contribution in [0.1, 0.15) is 11.1 Å². The summed E-state index contributed by atoms with van der Waals surface area (Å²) in [6, 6.07) is 3.59. The first-order valence-electron chi connectivity index (χ1n) is 4.61. The first kappa shape index (κ1) is 15.6. The number of rotatable bonds is 5. The molecule has 0 heterocycles. The maximum absolute atomic E-state index is 13.5. The minimum absolute atomic E-state index is 0.0906. The molecule has 0 aromatic heterocycles. The second kappa shape index (κ2) is 5.70. The zero-order valence-corrected chi connectivity index (χ0v) is 11.4. The van der Waals surface area contributed by atoms with Gasteiger partial charge in [0.2, 0.25) is 0 Å². The van der Waals surface area contributed by atoms with E-state index < -0.39 is 18.8 Å². The average Bonchev–Trinajstić information content (AvgIpc) is 2.24. The molecule has 102 valence electrons. The summed E-state index contributed by atoms with van der Waals surface area (Å²) in [7, 11) is -5.57. The standard InChI is InChI=1S/C8H11BrF2N3O3P/c9-7-3-5(4-13-14-12)1-2-6(7)8(10,11)18(15,16)17/h1-3,13-14H,4,12H2,(H2,15,16,17). The molecule has 6 N–H and O–H groups in total. The SMILES string of the molecule is NNNCc1ccc(C(F)(F)P(=O)(O)O)c(Br)c1. The molecule has 0 amide bonds. The Bertz CT molecular complexity index is 483. The minimum atomic E-state index is -5.57. The van der Waals surface area contributed by atoms with Crippen molar-refractivity contribution >= 4 is 23.5 Å². The van der Waals surface area contributed by atoms with Crippen molar-refractivity contribution in [2.75, 3.05) is 0 Å². The number of hydrazine groups is 2. The molecule has 18 heavy (non-hydrogen) atoms. The minimum Gasteiger partial charge on any atom is -0.320 e. The van der Waals surface area contributed by atoms with Gasteiger partial charge in [0.15, 0.2) is 0 Å². The molecule has 0 aliphatic rings. The van der Waals surface area contributed by atoms with Crippen molar-refractivity contribution in [3.63, 3.8) is 0 Å². The first-order chi connectivity index (χ1) is 8.20. The summed E-state index contributed by atoms with van der Waals surface area (Å²) >= 11 is 2.86. The van der Waals surface area contributed by atoms with Crippen LogP contribution in [0.2, 0.25) is 0 Å². The third-order valence-corrected chi connectivity index (χ3v) is 3.75. The zero-order valence-electron chi connectivity index (χ0n) is 8.90. The Morgan fingerprint density at radius 3 is 2.50 bits per heavy atom. The van der Waals surface area contributed by atoms with Gasteiger partial charge in [0.25, 0.3) is 0 Å². The summed E-state index contributed by atoms with van der Waals surface area (Å²) in [6.07, 6.45) is 0. The smallest absolute Gasteiger partial charge is 0.320 e. The van der Waals surface area contributed by atoms with Crippen molar-refractivity contribution in [2.24, 2.45) is 5.84 Å². The van der Waals surface area contributed by atoms with E-state index in [9.17, 15) is 13.3 Å². The Morgan fingerprint density at radius 1 is 1.44 bits per heavy atom. The maximum Gasteiger partial charge on any atom is 0.399 e. The van der Waals surface area contributed by atoms with E-state index in [-0.39, 0.29) is 11.0 Å². The lowest BCUT2D eigenvalue weighted by atomic mass is 10.1. The predicted octanol–water partition coefficient (Wildman–Crippen LogP) is 1.14. The lowest BCUT2D eigenvalue weighted by Gasteiger charge is -2.19. The second-order valence-corrected chi connectivity index (χ2v) is 5.90. The predicted molar refractivity (Wildman–Crippen MR) is 64.2 cm³/mol. The maximum atomic E-state index is 13.5. The molecule has 0 fully saturated rings.